The summed E-state index contributed by atoms with van der Waals surface area (Å²) in [5.74, 6) is 0. The van der Waals surface area contributed by atoms with Crippen LogP contribution in [0.25, 0.3) is 0 Å². The minimum absolute atomic E-state index is 0.496. The van der Waals surface area contributed by atoms with Gasteiger partial charge in [0.2, 0.25) is 0 Å². The van der Waals surface area contributed by atoms with Gasteiger partial charge in [-0.2, -0.15) is 0 Å². The third-order valence-corrected chi connectivity index (χ3v) is 2.34. The number of nitrogens with zero attached hydrogens (tertiary/aromatic N) is 1. The van der Waals surface area contributed by atoms with Crippen LogP contribution in [0.1, 0.15) is 18.9 Å². The topological polar surface area (TPSA) is 32.6 Å². The van der Waals surface area contributed by atoms with Crippen LogP contribution in [0.3, 0.4) is 0 Å². The molecule has 0 saturated carbocycles. The lowest BCUT2D eigenvalue weighted by molar-refractivity contribution is 0.318. The molecule has 2 nitrogen and oxygen atoms in total. The zero-order chi connectivity index (χ0) is 9.84. The molecule has 0 fully saturated rings. The van der Waals surface area contributed by atoms with Gasteiger partial charge < -0.3 is 5.21 Å². The van der Waals surface area contributed by atoms with Gasteiger partial charge in [0.25, 0.3) is 0 Å². The highest BCUT2D eigenvalue weighted by Gasteiger charge is 2.10. The maximum Gasteiger partial charge on any atom is 0.0895 e. The zero-order valence-corrected chi connectivity index (χ0v) is 8.60. The lowest BCUT2D eigenvalue weighted by Crippen LogP contribution is -2.00. The summed E-state index contributed by atoms with van der Waals surface area (Å²) in [4.78, 5) is 0. The molecule has 0 atom stereocenters. The van der Waals surface area contributed by atoms with Crippen LogP contribution in [-0.4, -0.2) is 10.9 Å². The molecule has 70 valence electrons. The summed E-state index contributed by atoms with van der Waals surface area (Å²) in [5, 5.41) is 12.8. The fourth-order valence-electron chi connectivity index (χ4n) is 1.07. The number of rotatable bonds is 2. The first-order valence-corrected chi connectivity index (χ1v) is 4.61. The van der Waals surface area contributed by atoms with Gasteiger partial charge in [-0.15, -0.1) is 0 Å². The van der Waals surface area contributed by atoms with E-state index in [9.17, 15) is 0 Å². The van der Waals surface area contributed by atoms with Crippen molar-refractivity contribution < 1.29 is 5.21 Å². The predicted molar refractivity (Wildman–Crippen MR) is 55.1 cm³/mol. The van der Waals surface area contributed by atoms with Crippen molar-refractivity contribution in [2.45, 2.75) is 13.3 Å². The zero-order valence-electron chi connectivity index (χ0n) is 7.09. The molecule has 0 amide bonds. The van der Waals surface area contributed by atoms with E-state index in [1.54, 1.807) is 18.2 Å². The van der Waals surface area contributed by atoms with Crippen LogP contribution in [0, 0.1) is 0 Å². The van der Waals surface area contributed by atoms with Crippen molar-refractivity contribution >= 4 is 28.9 Å². The average molecular weight is 218 g/mol. The molecule has 0 aromatic heterocycles. The highest BCUT2D eigenvalue weighted by Crippen LogP contribution is 2.25. The molecule has 4 heteroatoms. The standard InChI is InChI=1S/C9H9Cl2NO/c1-2-8(12-13)9-6(10)4-3-5-7(9)11/h3-5,13H,2H2,1H3/b12-8+. The Hall–Kier alpha value is -0.730. The Morgan fingerprint density at radius 3 is 2.31 bits per heavy atom. The Bertz CT molecular complexity index is 316. The quantitative estimate of drug-likeness (QED) is 0.459. The summed E-state index contributed by atoms with van der Waals surface area (Å²) in [6.45, 7) is 1.87. The van der Waals surface area contributed by atoms with E-state index in [0.717, 1.165) is 0 Å². The summed E-state index contributed by atoms with van der Waals surface area (Å²) in [6.07, 6.45) is 0.583. The van der Waals surface area contributed by atoms with Gasteiger partial charge in [0.1, 0.15) is 0 Å². The lowest BCUT2D eigenvalue weighted by atomic mass is 10.1. The monoisotopic (exact) mass is 217 g/mol. The normalized spacial score (nSPS) is 11.8. The molecule has 0 aliphatic heterocycles. The maximum atomic E-state index is 8.70. The van der Waals surface area contributed by atoms with Crippen LogP contribution in [0.2, 0.25) is 10.0 Å². The number of hydrogen-bond donors (Lipinski definition) is 1. The Kier molecular flexibility index (Phi) is 3.58. The molecule has 0 bridgehead atoms. The highest BCUT2D eigenvalue weighted by molar-refractivity contribution is 6.40. The lowest BCUT2D eigenvalue weighted by Gasteiger charge is -2.05. The van der Waals surface area contributed by atoms with Gasteiger partial charge in [-0.1, -0.05) is 41.3 Å². The molecular weight excluding hydrogens is 209 g/mol. The van der Waals surface area contributed by atoms with Crippen molar-refractivity contribution in [3.05, 3.63) is 33.8 Å². The van der Waals surface area contributed by atoms with Crippen molar-refractivity contribution in [1.29, 1.82) is 0 Å². The van der Waals surface area contributed by atoms with Crippen molar-refractivity contribution in [2.75, 3.05) is 0 Å². The highest BCUT2D eigenvalue weighted by atomic mass is 35.5. The Balaban J connectivity index is 3.27. The van der Waals surface area contributed by atoms with E-state index < -0.39 is 0 Å². The number of halogens is 2. The van der Waals surface area contributed by atoms with Crippen molar-refractivity contribution in [3.8, 4) is 0 Å². The molecule has 0 heterocycles. The second kappa shape index (κ2) is 4.49. The van der Waals surface area contributed by atoms with Gasteiger partial charge in [0, 0.05) is 5.56 Å². The van der Waals surface area contributed by atoms with Gasteiger partial charge in [0.05, 0.1) is 15.8 Å². The number of hydrogen-bond acceptors (Lipinski definition) is 2. The first kappa shape index (κ1) is 10.4. The van der Waals surface area contributed by atoms with Gasteiger partial charge in [0.15, 0.2) is 0 Å². The first-order valence-electron chi connectivity index (χ1n) is 3.86. The van der Waals surface area contributed by atoms with E-state index in [2.05, 4.69) is 5.16 Å². The molecule has 1 N–H and O–H groups in total. The Morgan fingerprint density at radius 2 is 1.92 bits per heavy atom. The molecule has 13 heavy (non-hydrogen) atoms. The summed E-state index contributed by atoms with van der Waals surface area (Å²) >= 11 is 11.8. The summed E-state index contributed by atoms with van der Waals surface area (Å²) in [6, 6.07) is 5.17. The third-order valence-electron chi connectivity index (χ3n) is 1.71. The minimum Gasteiger partial charge on any atom is -0.411 e. The van der Waals surface area contributed by atoms with Crippen molar-refractivity contribution in [2.24, 2.45) is 5.16 Å². The molecular formula is C9H9Cl2NO. The molecule has 0 unspecified atom stereocenters. The maximum absolute atomic E-state index is 8.70. The molecule has 0 radical (unpaired) electrons. The van der Waals surface area contributed by atoms with Crippen LogP contribution in [-0.2, 0) is 0 Å². The Labute approximate surface area is 86.8 Å². The SMILES string of the molecule is CC/C(=N\O)c1c(Cl)cccc1Cl. The summed E-state index contributed by atoms with van der Waals surface area (Å²) < 4.78 is 0. The first-order chi connectivity index (χ1) is 6.20. The van der Waals surface area contributed by atoms with E-state index in [4.69, 9.17) is 28.4 Å². The van der Waals surface area contributed by atoms with Crippen molar-refractivity contribution in [1.82, 2.24) is 0 Å². The molecule has 0 spiro atoms. The van der Waals surface area contributed by atoms with Gasteiger partial charge in [-0.3, -0.25) is 0 Å². The van der Waals surface area contributed by atoms with E-state index in [1.165, 1.54) is 0 Å². The second-order valence-electron chi connectivity index (χ2n) is 2.50. The van der Waals surface area contributed by atoms with Gasteiger partial charge in [-0.25, -0.2) is 0 Å². The summed E-state index contributed by atoms with van der Waals surface area (Å²) in [7, 11) is 0. The molecule has 0 aliphatic rings. The van der Waals surface area contributed by atoms with Crippen LogP contribution in [0.15, 0.2) is 23.4 Å². The van der Waals surface area contributed by atoms with Crippen LogP contribution in [0.5, 0.6) is 0 Å². The molecule has 1 aromatic carbocycles. The number of oxime groups is 1. The van der Waals surface area contributed by atoms with Crippen LogP contribution < -0.4 is 0 Å². The van der Waals surface area contributed by atoms with Gasteiger partial charge in [-0.05, 0) is 18.6 Å². The summed E-state index contributed by atoms with van der Waals surface area (Å²) in [5.41, 5.74) is 1.10. The van der Waals surface area contributed by atoms with Crippen molar-refractivity contribution in [3.63, 3.8) is 0 Å². The van der Waals surface area contributed by atoms with Gasteiger partial charge >= 0.3 is 0 Å². The van der Waals surface area contributed by atoms with E-state index in [1.807, 2.05) is 6.92 Å². The second-order valence-corrected chi connectivity index (χ2v) is 3.31. The largest absolute Gasteiger partial charge is 0.411 e. The number of benzene rings is 1. The molecule has 0 saturated heterocycles. The smallest absolute Gasteiger partial charge is 0.0895 e. The third kappa shape index (κ3) is 2.14. The van der Waals surface area contributed by atoms with E-state index in [-0.39, 0.29) is 0 Å². The van der Waals surface area contributed by atoms with E-state index >= 15 is 0 Å². The average Bonchev–Trinajstić information content (AvgIpc) is 2.11. The molecule has 1 rings (SSSR count). The molecule has 1 aromatic rings. The minimum atomic E-state index is 0.496. The Morgan fingerprint density at radius 1 is 1.38 bits per heavy atom. The van der Waals surface area contributed by atoms with Crippen LogP contribution >= 0.6 is 23.2 Å². The fourth-order valence-corrected chi connectivity index (χ4v) is 1.69. The predicted octanol–water partition coefficient (Wildman–Crippen LogP) is 3.58. The van der Waals surface area contributed by atoms with Crippen LogP contribution in [0.4, 0.5) is 0 Å². The molecule has 0 aliphatic carbocycles. The van der Waals surface area contributed by atoms with E-state index in [0.29, 0.717) is 27.7 Å². The fraction of sp³-hybridized carbons (Fsp3) is 0.222.